The summed E-state index contributed by atoms with van der Waals surface area (Å²) in [7, 11) is -3.39. The molecule has 1 aliphatic carbocycles. The molecule has 0 unspecified atom stereocenters. The van der Waals surface area contributed by atoms with Gasteiger partial charge in [0.1, 0.15) is 5.82 Å². The van der Waals surface area contributed by atoms with Crippen LogP contribution in [0.25, 0.3) is 5.52 Å². The minimum absolute atomic E-state index is 0.0587. The number of amides is 1. The SMILES string of the molecule is O=C(NCCS(=O)(=O)N1CCOCC1)c1nc(C2CC2)n2ccccc12. The molecule has 0 bridgehead atoms. The van der Waals surface area contributed by atoms with Gasteiger partial charge in [-0.25, -0.2) is 13.4 Å². The first-order chi connectivity index (χ1) is 12.6. The van der Waals surface area contributed by atoms with Crippen LogP contribution in [0, 0.1) is 0 Å². The molecule has 2 aromatic heterocycles. The van der Waals surface area contributed by atoms with Crippen molar-refractivity contribution in [2.75, 3.05) is 38.6 Å². The highest BCUT2D eigenvalue weighted by Crippen LogP contribution is 2.39. The molecule has 26 heavy (non-hydrogen) atoms. The predicted molar refractivity (Wildman–Crippen MR) is 95.7 cm³/mol. The third-order valence-corrected chi connectivity index (χ3v) is 6.61. The first-order valence-corrected chi connectivity index (χ1v) is 10.5. The summed E-state index contributed by atoms with van der Waals surface area (Å²) in [6, 6.07) is 5.64. The molecule has 9 heteroatoms. The Kier molecular flexibility index (Phi) is 4.68. The Balaban J connectivity index is 1.43. The van der Waals surface area contributed by atoms with Crippen LogP contribution in [0.5, 0.6) is 0 Å². The van der Waals surface area contributed by atoms with Gasteiger partial charge in [-0.05, 0) is 25.0 Å². The van der Waals surface area contributed by atoms with E-state index in [1.54, 1.807) is 0 Å². The second kappa shape index (κ2) is 6.98. The van der Waals surface area contributed by atoms with Gasteiger partial charge < -0.3 is 14.5 Å². The smallest absolute Gasteiger partial charge is 0.272 e. The minimum Gasteiger partial charge on any atom is -0.379 e. The van der Waals surface area contributed by atoms with E-state index in [4.69, 9.17) is 4.74 Å². The Morgan fingerprint density at radius 1 is 1.27 bits per heavy atom. The lowest BCUT2D eigenvalue weighted by Gasteiger charge is -2.25. The van der Waals surface area contributed by atoms with Gasteiger partial charge in [0.25, 0.3) is 5.91 Å². The zero-order valence-electron chi connectivity index (χ0n) is 14.4. The number of hydrogen-bond donors (Lipinski definition) is 1. The maximum Gasteiger partial charge on any atom is 0.272 e. The van der Waals surface area contributed by atoms with Crippen molar-refractivity contribution in [3.05, 3.63) is 35.9 Å². The number of aromatic nitrogens is 2. The van der Waals surface area contributed by atoms with Crippen LogP contribution in [-0.4, -0.2) is 66.6 Å². The number of sulfonamides is 1. The molecule has 0 atom stereocenters. The average Bonchev–Trinajstić information content (AvgIpc) is 3.42. The zero-order valence-corrected chi connectivity index (χ0v) is 15.2. The van der Waals surface area contributed by atoms with Crippen LogP contribution in [0.4, 0.5) is 0 Å². The second-order valence-corrected chi connectivity index (χ2v) is 8.72. The Morgan fingerprint density at radius 2 is 2.04 bits per heavy atom. The lowest BCUT2D eigenvalue weighted by Crippen LogP contribution is -2.43. The molecule has 8 nitrogen and oxygen atoms in total. The highest BCUT2D eigenvalue weighted by atomic mass is 32.2. The van der Waals surface area contributed by atoms with E-state index in [1.807, 2.05) is 28.8 Å². The van der Waals surface area contributed by atoms with Gasteiger partial charge in [0, 0.05) is 31.7 Å². The van der Waals surface area contributed by atoms with Crippen molar-refractivity contribution in [2.24, 2.45) is 0 Å². The van der Waals surface area contributed by atoms with E-state index in [2.05, 4.69) is 10.3 Å². The van der Waals surface area contributed by atoms with Gasteiger partial charge in [0.15, 0.2) is 5.69 Å². The maximum absolute atomic E-state index is 12.6. The highest BCUT2D eigenvalue weighted by molar-refractivity contribution is 7.89. The average molecular weight is 378 g/mol. The van der Waals surface area contributed by atoms with Crippen molar-refractivity contribution >= 4 is 21.4 Å². The van der Waals surface area contributed by atoms with E-state index < -0.39 is 10.0 Å². The highest BCUT2D eigenvalue weighted by Gasteiger charge is 2.30. The standard InChI is InChI=1S/C17H22N4O4S/c22-17(18-6-12-26(23,24)20-8-10-25-11-9-20)15-14-3-1-2-7-21(14)16(19-15)13-4-5-13/h1-3,7,13H,4-6,8-12H2,(H,18,22). The van der Waals surface area contributed by atoms with Gasteiger partial charge in [-0.15, -0.1) is 0 Å². The van der Waals surface area contributed by atoms with Crippen LogP contribution in [-0.2, 0) is 14.8 Å². The lowest BCUT2D eigenvalue weighted by molar-refractivity contribution is 0.0730. The Hall–Kier alpha value is -1.97. The zero-order chi connectivity index (χ0) is 18.1. The van der Waals surface area contributed by atoms with E-state index in [0.717, 1.165) is 24.2 Å². The second-order valence-electron chi connectivity index (χ2n) is 6.63. The summed E-state index contributed by atoms with van der Waals surface area (Å²) < 4.78 is 33.2. The summed E-state index contributed by atoms with van der Waals surface area (Å²) in [5.74, 6) is 0.859. The fourth-order valence-electron chi connectivity index (χ4n) is 3.19. The number of ether oxygens (including phenoxy) is 1. The number of pyridine rings is 1. The summed E-state index contributed by atoms with van der Waals surface area (Å²) in [5.41, 5.74) is 1.11. The molecule has 3 heterocycles. The van der Waals surface area contributed by atoms with Gasteiger partial charge in [0.2, 0.25) is 10.0 Å². The van der Waals surface area contributed by atoms with Crippen molar-refractivity contribution in [1.82, 2.24) is 19.0 Å². The fraction of sp³-hybridized carbons (Fsp3) is 0.529. The van der Waals surface area contributed by atoms with Crippen molar-refractivity contribution < 1.29 is 17.9 Å². The number of carbonyl (C=O) groups is 1. The first-order valence-electron chi connectivity index (χ1n) is 8.87. The monoisotopic (exact) mass is 378 g/mol. The number of nitrogens with one attached hydrogen (secondary N) is 1. The molecular weight excluding hydrogens is 356 g/mol. The van der Waals surface area contributed by atoms with E-state index in [0.29, 0.717) is 37.9 Å². The van der Waals surface area contributed by atoms with E-state index in [9.17, 15) is 13.2 Å². The molecule has 2 fully saturated rings. The van der Waals surface area contributed by atoms with Crippen LogP contribution in [0.3, 0.4) is 0 Å². The molecule has 1 amide bonds. The quantitative estimate of drug-likeness (QED) is 0.795. The molecule has 1 aliphatic heterocycles. The first kappa shape index (κ1) is 17.4. The largest absolute Gasteiger partial charge is 0.379 e. The van der Waals surface area contributed by atoms with Gasteiger partial charge in [-0.3, -0.25) is 4.79 Å². The van der Waals surface area contributed by atoms with Crippen LogP contribution < -0.4 is 5.32 Å². The van der Waals surface area contributed by atoms with Crippen LogP contribution in [0.1, 0.15) is 35.1 Å². The number of carbonyl (C=O) groups excluding carboxylic acids is 1. The third-order valence-electron chi connectivity index (χ3n) is 4.74. The molecule has 2 aromatic rings. The normalized spacial score (nSPS) is 18.9. The molecule has 0 spiro atoms. The predicted octanol–water partition coefficient (Wildman–Crippen LogP) is 0.604. The van der Waals surface area contributed by atoms with E-state index in [-0.39, 0.29) is 18.2 Å². The Labute approximate surface area is 152 Å². The fourth-order valence-corrected chi connectivity index (χ4v) is 4.51. The Morgan fingerprint density at radius 3 is 2.77 bits per heavy atom. The lowest BCUT2D eigenvalue weighted by atomic mass is 10.3. The van der Waals surface area contributed by atoms with Crippen molar-refractivity contribution in [2.45, 2.75) is 18.8 Å². The molecular formula is C17H22N4O4S. The maximum atomic E-state index is 12.6. The minimum atomic E-state index is -3.39. The number of nitrogens with zero attached hydrogens (tertiary/aromatic N) is 3. The van der Waals surface area contributed by atoms with Gasteiger partial charge in [0.05, 0.1) is 24.5 Å². The third kappa shape index (κ3) is 3.46. The van der Waals surface area contributed by atoms with Crippen LogP contribution >= 0.6 is 0 Å². The number of fused-ring (bicyclic) bond motifs is 1. The van der Waals surface area contributed by atoms with Crippen molar-refractivity contribution in [3.8, 4) is 0 Å². The molecule has 4 rings (SSSR count). The molecule has 140 valence electrons. The topological polar surface area (TPSA) is 93.0 Å². The summed E-state index contributed by atoms with van der Waals surface area (Å²) >= 11 is 0. The number of rotatable bonds is 6. The van der Waals surface area contributed by atoms with Crippen molar-refractivity contribution in [1.29, 1.82) is 0 Å². The van der Waals surface area contributed by atoms with Crippen LogP contribution in [0.2, 0.25) is 0 Å². The summed E-state index contributed by atoms with van der Waals surface area (Å²) in [6.45, 7) is 1.62. The van der Waals surface area contributed by atoms with Crippen molar-refractivity contribution in [3.63, 3.8) is 0 Å². The molecule has 1 saturated heterocycles. The summed E-state index contributed by atoms with van der Waals surface area (Å²) in [6.07, 6.45) is 4.09. The van der Waals surface area contributed by atoms with E-state index in [1.165, 1.54) is 4.31 Å². The van der Waals surface area contributed by atoms with Gasteiger partial charge in [-0.1, -0.05) is 6.07 Å². The number of imidazole rings is 1. The summed E-state index contributed by atoms with van der Waals surface area (Å²) in [5, 5.41) is 2.71. The molecule has 1 N–H and O–H groups in total. The number of morpholine rings is 1. The number of hydrogen-bond acceptors (Lipinski definition) is 5. The molecule has 0 radical (unpaired) electrons. The molecule has 0 aromatic carbocycles. The Bertz CT molecular complexity index is 914. The molecule has 2 aliphatic rings. The van der Waals surface area contributed by atoms with Crippen LogP contribution in [0.15, 0.2) is 24.4 Å². The van der Waals surface area contributed by atoms with Gasteiger partial charge >= 0.3 is 0 Å². The van der Waals surface area contributed by atoms with E-state index >= 15 is 0 Å². The molecule has 1 saturated carbocycles. The summed E-state index contributed by atoms with van der Waals surface area (Å²) in [4.78, 5) is 17.1. The van der Waals surface area contributed by atoms with Gasteiger partial charge in [-0.2, -0.15) is 4.31 Å².